The molecule has 0 saturated carbocycles. The number of phenolic OH excluding ortho intramolecular Hbond substituents is 1. The Morgan fingerprint density at radius 3 is 2.96 bits per heavy atom. The summed E-state index contributed by atoms with van der Waals surface area (Å²) in [5.41, 5.74) is 2.16. The van der Waals surface area contributed by atoms with Crippen LogP contribution in [0.4, 0.5) is 5.00 Å². The molecular formula is C18H18Br2N2O3S. The minimum absolute atomic E-state index is 0.107. The predicted octanol–water partition coefficient (Wildman–Crippen LogP) is 4.89. The SMILES string of the molecule is CCOC(=O)c1c(/N=C/c2cc(Br)cc(Br)c2O)sc2c1CCN(C)C2. The Kier molecular flexibility index (Phi) is 6.17. The first-order chi connectivity index (χ1) is 12.4. The van der Waals surface area contributed by atoms with Crippen molar-refractivity contribution in [2.75, 3.05) is 20.2 Å². The van der Waals surface area contributed by atoms with Crippen molar-refractivity contribution >= 4 is 60.4 Å². The van der Waals surface area contributed by atoms with Gasteiger partial charge in [-0.25, -0.2) is 9.79 Å². The van der Waals surface area contributed by atoms with Gasteiger partial charge in [0.05, 0.1) is 16.6 Å². The number of benzene rings is 1. The number of aromatic hydroxyl groups is 1. The summed E-state index contributed by atoms with van der Waals surface area (Å²) >= 11 is 8.23. The van der Waals surface area contributed by atoms with Gasteiger partial charge < -0.3 is 14.7 Å². The Hall–Kier alpha value is -1.22. The molecule has 1 aliphatic heterocycles. The van der Waals surface area contributed by atoms with Gasteiger partial charge in [-0.3, -0.25) is 0 Å². The number of rotatable bonds is 4. The maximum absolute atomic E-state index is 12.5. The molecule has 0 saturated heterocycles. The van der Waals surface area contributed by atoms with Gasteiger partial charge in [-0.2, -0.15) is 0 Å². The van der Waals surface area contributed by atoms with E-state index in [2.05, 4.69) is 48.8 Å². The number of aliphatic imine (C=N–C) groups is 1. The molecule has 5 nitrogen and oxygen atoms in total. The highest BCUT2D eigenvalue weighted by molar-refractivity contribution is 9.11. The van der Waals surface area contributed by atoms with E-state index in [0.717, 1.165) is 34.4 Å². The van der Waals surface area contributed by atoms with E-state index in [1.54, 1.807) is 25.3 Å². The lowest BCUT2D eigenvalue weighted by molar-refractivity contribution is 0.0526. The summed E-state index contributed by atoms with van der Waals surface area (Å²) in [4.78, 5) is 20.4. The van der Waals surface area contributed by atoms with E-state index in [1.165, 1.54) is 11.3 Å². The number of hydrogen-bond donors (Lipinski definition) is 1. The van der Waals surface area contributed by atoms with E-state index in [1.807, 2.05) is 0 Å². The quantitative estimate of drug-likeness (QED) is 0.478. The number of ether oxygens (including phenoxy) is 1. The molecule has 0 fully saturated rings. The van der Waals surface area contributed by atoms with E-state index in [0.29, 0.717) is 27.2 Å². The van der Waals surface area contributed by atoms with Crippen molar-refractivity contribution in [1.29, 1.82) is 0 Å². The van der Waals surface area contributed by atoms with Gasteiger partial charge in [0.25, 0.3) is 0 Å². The molecule has 1 aromatic carbocycles. The minimum Gasteiger partial charge on any atom is -0.506 e. The monoisotopic (exact) mass is 500 g/mol. The number of likely N-dealkylation sites (N-methyl/N-ethyl adjacent to an activating group) is 1. The number of phenols is 1. The summed E-state index contributed by atoms with van der Waals surface area (Å²) in [5.74, 6) is -0.225. The average molecular weight is 502 g/mol. The topological polar surface area (TPSA) is 62.1 Å². The first-order valence-electron chi connectivity index (χ1n) is 8.13. The molecule has 0 bridgehead atoms. The molecule has 1 N–H and O–H groups in total. The van der Waals surface area contributed by atoms with Crippen molar-refractivity contribution in [3.8, 4) is 5.75 Å². The summed E-state index contributed by atoms with van der Waals surface area (Å²) in [6.07, 6.45) is 2.38. The molecule has 0 spiro atoms. The highest BCUT2D eigenvalue weighted by Crippen LogP contribution is 2.39. The van der Waals surface area contributed by atoms with Gasteiger partial charge in [0.1, 0.15) is 10.8 Å². The summed E-state index contributed by atoms with van der Waals surface area (Å²) in [7, 11) is 2.06. The predicted molar refractivity (Wildman–Crippen MR) is 111 cm³/mol. The van der Waals surface area contributed by atoms with E-state index in [4.69, 9.17) is 4.74 Å². The number of halogens is 2. The third-order valence-corrected chi connectivity index (χ3v) is 6.27. The Balaban J connectivity index is 2.03. The zero-order valence-electron chi connectivity index (χ0n) is 14.4. The van der Waals surface area contributed by atoms with Gasteiger partial charge in [-0.05, 0) is 54.0 Å². The van der Waals surface area contributed by atoms with Crippen LogP contribution in [0.2, 0.25) is 0 Å². The van der Waals surface area contributed by atoms with Crippen LogP contribution in [0.3, 0.4) is 0 Å². The number of hydrogen-bond acceptors (Lipinski definition) is 6. The van der Waals surface area contributed by atoms with Crippen LogP contribution in [-0.4, -0.2) is 42.4 Å². The van der Waals surface area contributed by atoms with Gasteiger partial charge in [0.2, 0.25) is 0 Å². The summed E-state index contributed by atoms with van der Waals surface area (Å²) in [5, 5.41) is 10.8. The Labute approximate surface area is 173 Å². The molecule has 1 aliphatic rings. The fourth-order valence-electron chi connectivity index (χ4n) is 2.83. The molecule has 1 aromatic heterocycles. The van der Waals surface area contributed by atoms with E-state index in [-0.39, 0.29) is 11.7 Å². The number of nitrogens with zero attached hydrogens (tertiary/aromatic N) is 2. The van der Waals surface area contributed by atoms with Crippen molar-refractivity contribution < 1.29 is 14.6 Å². The number of thiophene rings is 1. The second kappa shape index (κ2) is 8.21. The van der Waals surface area contributed by atoms with Crippen molar-refractivity contribution in [2.24, 2.45) is 4.99 Å². The first kappa shape index (κ1) is 19.5. The Morgan fingerprint density at radius 2 is 2.23 bits per heavy atom. The molecule has 26 heavy (non-hydrogen) atoms. The summed E-state index contributed by atoms with van der Waals surface area (Å²) < 4.78 is 6.65. The van der Waals surface area contributed by atoms with Gasteiger partial charge >= 0.3 is 5.97 Å². The van der Waals surface area contributed by atoms with Crippen LogP contribution in [0.15, 0.2) is 26.1 Å². The molecule has 8 heteroatoms. The fraction of sp³-hybridized carbons (Fsp3) is 0.333. The van der Waals surface area contributed by atoms with Crippen molar-refractivity contribution in [3.05, 3.63) is 42.6 Å². The van der Waals surface area contributed by atoms with Gasteiger partial charge in [-0.15, -0.1) is 11.3 Å². The van der Waals surface area contributed by atoms with Crippen molar-refractivity contribution in [2.45, 2.75) is 19.9 Å². The summed E-state index contributed by atoms with van der Waals surface area (Å²) in [6, 6.07) is 3.53. The highest BCUT2D eigenvalue weighted by atomic mass is 79.9. The van der Waals surface area contributed by atoms with E-state index in [9.17, 15) is 9.90 Å². The molecule has 3 rings (SSSR count). The molecule has 2 heterocycles. The van der Waals surface area contributed by atoms with Crippen molar-refractivity contribution in [1.82, 2.24) is 4.90 Å². The second-order valence-electron chi connectivity index (χ2n) is 5.98. The number of fused-ring (bicyclic) bond motifs is 1. The van der Waals surface area contributed by atoms with Crippen LogP contribution in [0.5, 0.6) is 5.75 Å². The van der Waals surface area contributed by atoms with E-state index < -0.39 is 0 Å². The molecule has 0 aliphatic carbocycles. The van der Waals surface area contributed by atoms with Crippen LogP contribution in [0, 0.1) is 0 Å². The van der Waals surface area contributed by atoms with Gasteiger partial charge in [-0.1, -0.05) is 15.9 Å². The van der Waals surface area contributed by atoms with Gasteiger partial charge in [0, 0.05) is 34.2 Å². The Bertz CT molecular complexity index is 880. The number of esters is 1. The Morgan fingerprint density at radius 1 is 1.46 bits per heavy atom. The van der Waals surface area contributed by atoms with E-state index >= 15 is 0 Å². The lowest BCUT2D eigenvalue weighted by Gasteiger charge is -2.22. The number of carbonyl (C=O) groups is 1. The number of carbonyl (C=O) groups excluding carboxylic acids is 1. The average Bonchev–Trinajstić information content (AvgIpc) is 2.94. The maximum atomic E-state index is 12.5. The lowest BCUT2D eigenvalue weighted by atomic mass is 10.0. The smallest absolute Gasteiger partial charge is 0.341 e. The molecular weight excluding hydrogens is 484 g/mol. The third kappa shape index (κ3) is 4.03. The highest BCUT2D eigenvalue weighted by Gasteiger charge is 2.27. The molecule has 0 amide bonds. The standard InChI is InChI=1S/C18H18Br2N2O3S/c1-3-25-18(24)15-12-4-5-22(2)9-14(12)26-17(15)21-8-10-6-11(19)7-13(20)16(10)23/h6-8,23H,3-5,9H2,1-2H3/b21-8+. The van der Waals surface area contributed by atoms with Crippen molar-refractivity contribution in [3.63, 3.8) is 0 Å². The zero-order chi connectivity index (χ0) is 18.8. The van der Waals surface area contributed by atoms with Crippen LogP contribution < -0.4 is 0 Å². The first-order valence-corrected chi connectivity index (χ1v) is 10.5. The summed E-state index contributed by atoms with van der Waals surface area (Å²) in [6.45, 7) is 3.82. The fourth-order valence-corrected chi connectivity index (χ4v) is 5.35. The van der Waals surface area contributed by atoms with Crippen LogP contribution in [-0.2, 0) is 17.7 Å². The molecule has 0 radical (unpaired) electrons. The van der Waals surface area contributed by atoms with Gasteiger partial charge in [0.15, 0.2) is 0 Å². The minimum atomic E-state index is -0.332. The maximum Gasteiger partial charge on any atom is 0.341 e. The molecule has 2 aromatic rings. The molecule has 0 unspecified atom stereocenters. The largest absolute Gasteiger partial charge is 0.506 e. The lowest BCUT2D eigenvalue weighted by Crippen LogP contribution is -2.26. The molecule has 138 valence electrons. The zero-order valence-corrected chi connectivity index (χ0v) is 18.4. The molecule has 0 atom stereocenters. The normalized spacial score (nSPS) is 14.6. The van der Waals surface area contributed by atoms with Crippen LogP contribution >= 0.6 is 43.2 Å². The van der Waals surface area contributed by atoms with Crippen LogP contribution in [0.1, 0.15) is 33.3 Å². The van der Waals surface area contributed by atoms with Crippen LogP contribution in [0.25, 0.3) is 0 Å². The second-order valence-corrected chi connectivity index (χ2v) is 8.83. The third-order valence-electron chi connectivity index (χ3n) is 4.09.